The Labute approximate surface area is 192 Å². The van der Waals surface area contributed by atoms with Gasteiger partial charge in [0.05, 0.1) is 12.1 Å². The van der Waals surface area contributed by atoms with Crippen LogP contribution in [0, 0.1) is 6.92 Å². The molecule has 0 atom stereocenters. The van der Waals surface area contributed by atoms with Gasteiger partial charge < -0.3 is 24.8 Å². The number of hydrogen-bond acceptors (Lipinski definition) is 6. The maximum atomic E-state index is 12.2. The van der Waals surface area contributed by atoms with Gasteiger partial charge in [-0.25, -0.2) is 4.98 Å². The largest absolute Gasteiger partial charge is 0.493 e. The van der Waals surface area contributed by atoms with Gasteiger partial charge in [0, 0.05) is 31.0 Å². The predicted octanol–water partition coefficient (Wildman–Crippen LogP) is 4.24. The van der Waals surface area contributed by atoms with Crippen LogP contribution in [0.4, 0.5) is 5.69 Å². The quantitative estimate of drug-likeness (QED) is 0.421. The number of hydrogen-bond donors (Lipinski definition) is 2. The normalized spacial score (nSPS) is 10.5. The second kappa shape index (κ2) is 11.9. The van der Waals surface area contributed by atoms with Gasteiger partial charge >= 0.3 is 0 Å². The summed E-state index contributed by atoms with van der Waals surface area (Å²) in [7, 11) is 1.53. The number of pyridine rings is 1. The van der Waals surface area contributed by atoms with Gasteiger partial charge in [0.15, 0.2) is 18.1 Å². The van der Waals surface area contributed by atoms with E-state index in [1.807, 2.05) is 55.5 Å². The lowest BCUT2D eigenvalue weighted by molar-refractivity contribution is -0.118. The molecule has 0 aliphatic heterocycles. The summed E-state index contributed by atoms with van der Waals surface area (Å²) in [5, 5.41) is 6.43. The third-order valence-corrected chi connectivity index (χ3v) is 4.75. The van der Waals surface area contributed by atoms with Crippen LogP contribution in [0.15, 0.2) is 60.8 Å². The molecule has 0 unspecified atom stereocenters. The van der Waals surface area contributed by atoms with Crippen molar-refractivity contribution in [2.24, 2.45) is 0 Å². The van der Waals surface area contributed by atoms with Crippen LogP contribution in [-0.4, -0.2) is 37.8 Å². The van der Waals surface area contributed by atoms with Crippen LogP contribution in [-0.2, 0) is 11.3 Å². The van der Waals surface area contributed by atoms with Crippen molar-refractivity contribution in [1.82, 2.24) is 10.3 Å². The molecule has 8 heteroatoms. The molecule has 0 saturated heterocycles. The molecular weight excluding hydrogens is 430 g/mol. The predicted molar refractivity (Wildman–Crippen MR) is 125 cm³/mol. The molecule has 168 valence electrons. The minimum atomic E-state index is -0.286. The third kappa shape index (κ3) is 7.14. The zero-order chi connectivity index (χ0) is 22.8. The highest BCUT2D eigenvalue weighted by Gasteiger charge is 2.14. The molecule has 2 aromatic carbocycles. The summed E-state index contributed by atoms with van der Waals surface area (Å²) < 4.78 is 16.6. The highest BCUT2D eigenvalue weighted by Crippen LogP contribution is 2.36. The minimum Gasteiger partial charge on any atom is -0.493 e. The van der Waals surface area contributed by atoms with E-state index >= 15 is 0 Å². The number of halogens is 1. The Kier molecular flexibility index (Phi) is 8.71. The van der Waals surface area contributed by atoms with Crippen LogP contribution in [0.3, 0.4) is 0 Å². The van der Waals surface area contributed by atoms with E-state index < -0.39 is 0 Å². The average Bonchev–Trinajstić information content (AvgIpc) is 2.80. The number of ether oxygens (including phenoxy) is 3. The van der Waals surface area contributed by atoms with E-state index in [4.69, 9.17) is 25.8 Å². The van der Waals surface area contributed by atoms with Gasteiger partial charge in [-0.1, -0.05) is 35.4 Å². The number of aromatic nitrogens is 1. The Morgan fingerprint density at radius 1 is 1.09 bits per heavy atom. The van der Waals surface area contributed by atoms with Crippen LogP contribution in [0.25, 0.3) is 0 Å². The van der Waals surface area contributed by atoms with Crippen molar-refractivity contribution in [3.63, 3.8) is 0 Å². The number of methoxy groups -OCH3 is 1. The van der Waals surface area contributed by atoms with Gasteiger partial charge in [0.1, 0.15) is 6.61 Å². The number of aryl methyl sites for hydroxylation is 1. The van der Waals surface area contributed by atoms with E-state index in [2.05, 4.69) is 15.6 Å². The summed E-state index contributed by atoms with van der Waals surface area (Å²) in [5.41, 5.74) is 2.74. The number of carbonyl (C=O) groups excluding carboxylic acids is 1. The molecule has 0 radical (unpaired) electrons. The number of anilines is 1. The molecule has 3 aromatic rings. The van der Waals surface area contributed by atoms with E-state index in [-0.39, 0.29) is 12.5 Å². The molecule has 1 heterocycles. The first kappa shape index (κ1) is 23.4. The van der Waals surface area contributed by atoms with Crippen molar-refractivity contribution < 1.29 is 19.0 Å². The number of carbonyl (C=O) groups is 1. The Morgan fingerprint density at radius 3 is 2.62 bits per heavy atom. The fourth-order valence-corrected chi connectivity index (χ4v) is 3.17. The van der Waals surface area contributed by atoms with Crippen molar-refractivity contribution in [1.29, 1.82) is 0 Å². The lowest BCUT2D eigenvalue weighted by Crippen LogP contribution is -2.21. The molecule has 1 amide bonds. The zero-order valence-electron chi connectivity index (χ0n) is 18.1. The van der Waals surface area contributed by atoms with E-state index in [1.165, 1.54) is 7.11 Å². The smallest absolute Gasteiger partial charge is 0.262 e. The summed E-state index contributed by atoms with van der Waals surface area (Å²) in [6, 6.07) is 16.7. The van der Waals surface area contributed by atoms with Crippen LogP contribution in [0.1, 0.15) is 11.1 Å². The second-order valence-electron chi connectivity index (χ2n) is 7.01. The first-order valence-electron chi connectivity index (χ1n) is 10.2. The Bertz CT molecular complexity index is 1010. The zero-order valence-corrected chi connectivity index (χ0v) is 18.8. The molecule has 7 nitrogen and oxygen atoms in total. The van der Waals surface area contributed by atoms with E-state index in [1.54, 1.807) is 12.3 Å². The molecule has 32 heavy (non-hydrogen) atoms. The standard InChI is InChI=1S/C24H26ClN3O4/c1-17-6-8-19(9-7-17)28-22(29)16-32-24-20(25)13-18(14-21(24)30-2)15-26-11-12-31-23-5-3-4-10-27-23/h3-10,13-14,26H,11-12,15-16H2,1-2H3,(H,28,29). The molecular formula is C24H26ClN3O4. The number of amides is 1. The minimum absolute atomic E-state index is 0.188. The van der Waals surface area contributed by atoms with Crippen molar-refractivity contribution in [3.8, 4) is 17.4 Å². The fourth-order valence-electron chi connectivity index (χ4n) is 2.88. The van der Waals surface area contributed by atoms with Gasteiger partial charge in [-0.15, -0.1) is 0 Å². The topological polar surface area (TPSA) is 81.7 Å². The van der Waals surface area contributed by atoms with E-state index in [0.29, 0.717) is 47.8 Å². The SMILES string of the molecule is COc1cc(CNCCOc2ccccn2)cc(Cl)c1OCC(=O)Nc1ccc(C)cc1. The fraction of sp³-hybridized carbons (Fsp3) is 0.250. The molecule has 0 saturated carbocycles. The average molecular weight is 456 g/mol. The molecule has 0 bridgehead atoms. The van der Waals surface area contributed by atoms with E-state index in [0.717, 1.165) is 11.1 Å². The second-order valence-corrected chi connectivity index (χ2v) is 7.41. The van der Waals surface area contributed by atoms with Gasteiger partial charge in [-0.2, -0.15) is 0 Å². The van der Waals surface area contributed by atoms with Gasteiger partial charge in [-0.05, 0) is 42.8 Å². The first-order valence-corrected chi connectivity index (χ1v) is 10.5. The van der Waals surface area contributed by atoms with Crippen molar-refractivity contribution in [2.45, 2.75) is 13.5 Å². The highest BCUT2D eigenvalue weighted by molar-refractivity contribution is 6.32. The lowest BCUT2D eigenvalue weighted by atomic mass is 10.2. The Balaban J connectivity index is 1.49. The Morgan fingerprint density at radius 2 is 1.91 bits per heavy atom. The monoisotopic (exact) mass is 455 g/mol. The maximum absolute atomic E-state index is 12.2. The summed E-state index contributed by atoms with van der Waals surface area (Å²) >= 11 is 6.40. The number of benzene rings is 2. The molecule has 1 aromatic heterocycles. The molecule has 2 N–H and O–H groups in total. The van der Waals surface area contributed by atoms with Gasteiger partial charge in [-0.3, -0.25) is 4.79 Å². The molecule has 0 aliphatic rings. The van der Waals surface area contributed by atoms with Crippen molar-refractivity contribution in [2.75, 3.05) is 32.2 Å². The summed E-state index contributed by atoms with van der Waals surface area (Å²) in [5.74, 6) is 1.09. The van der Waals surface area contributed by atoms with E-state index in [9.17, 15) is 4.79 Å². The Hall–Kier alpha value is -3.29. The maximum Gasteiger partial charge on any atom is 0.262 e. The first-order chi connectivity index (χ1) is 15.5. The van der Waals surface area contributed by atoms with Crippen molar-refractivity contribution >= 4 is 23.2 Å². The summed E-state index contributed by atoms with van der Waals surface area (Å²) in [4.78, 5) is 16.3. The molecule has 0 spiro atoms. The van der Waals surface area contributed by atoms with Gasteiger partial charge in [0.2, 0.25) is 5.88 Å². The summed E-state index contributed by atoms with van der Waals surface area (Å²) in [6.07, 6.45) is 1.69. The molecule has 3 rings (SSSR count). The number of rotatable bonds is 11. The van der Waals surface area contributed by atoms with Crippen LogP contribution in [0.2, 0.25) is 5.02 Å². The highest BCUT2D eigenvalue weighted by atomic mass is 35.5. The molecule has 0 fully saturated rings. The lowest BCUT2D eigenvalue weighted by Gasteiger charge is -2.15. The number of nitrogens with zero attached hydrogens (tertiary/aromatic N) is 1. The van der Waals surface area contributed by atoms with Crippen LogP contribution in [0.5, 0.6) is 17.4 Å². The van der Waals surface area contributed by atoms with Crippen LogP contribution < -0.4 is 24.8 Å². The van der Waals surface area contributed by atoms with Crippen molar-refractivity contribution in [3.05, 3.63) is 76.9 Å². The third-order valence-electron chi connectivity index (χ3n) is 4.47. The van der Waals surface area contributed by atoms with Crippen LogP contribution >= 0.6 is 11.6 Å². The molecule has 0 aliphatic carbocycles. The summed E-state index contributed by atoms with van der Waals surface area (Å²) in [6.45, 7) is 3.48. The number of nitrogens with one attached hydrogen (secondary N) is 2. The van der Waals surface area contributed by atoms with Gasteiger partial charge in [0.25, 0.3) is 5.91 Å².